The van der Waals surface area contributed by atoms with Gasteiger partial charge in [0.1, 0.15) is 12.1 Å². The molecule has 0 aliphatic rings. The van der Waals surface area contributed by atoms with Crippen molar-refractivity contribution >= 4 is 38.8 Å². The second kappa shape index (κ2) is 8.55. The first kappa shape index (κ1) is 21.1. The number of hydrogen-bond acceptors (Lipinski definition) is 4. The number of anilines is 1. The van der Waals surface area contributed by atoms with Gasteiger partial charge in [0.15, 0.2) is 5.58 Å². The molecule has 0 aliphatic heterocycles. The second-order valence-corrected chi connectivity index (χ2v) is 9.28. The van der Waals surface area contributed by atoms with Gasteiger partial charge in [-0.05, 0) is 52.9 Å². The summed E-state index contributed by atoms with van der Waals surface area (Å²) in [6.07, 6.45) is -0.519. The average molecular weight is 479 g/mol. The van der Waals surface area contributed by atoms with Crippen LogP contribution in [-0.4, -0.2) is 11.1 Å². The van der Waals surface area contributed by atoms with Crippen LogP contribution in [0.1, 0.15) is 31.9 Å². The van der Waals surface area contributed by atoms with Gasteiger partial charge in [0.25, 0.3) is 0 Å². The van der Waals surface area contributed by atoms with Crippen LogP contribution >= 0.6 is 15.9 Å². The maximum absolute atomic E-state index is 12.2. The summed E-state index contributed by atoms with van der Waals surface area (Å²) in [5.41, 5.74) is 5.04. The number of fused-ring (bicyclic) bond motifs is 1. The lowest BCUT2D eigenvalue weighted by molar-refractivity contribution is 0.155. The summed E-state index contributed by atoms with van der Waals surface area (Å²) < 4.78 is 12.1. The molecule has 0 saturated heterocycles. The van der Waals surface area contributed by atoms with Crippen molar-refractivity contribution in [3.63, 3.8) is 0 Å². The van der Waals surface area contributed by atoms with E-state index in [2.05, 4.69) is 59.1 Å². The molecule has 0 saturated carbocycles. The predicted octanol–water partition coefficient (Wildman–Crippen LogP) is 7.30. The molecule has 0 aliphatic carbocycles. The minimum absolute atomic E-state index is 0.0907. The third kappa shape index (κ3) is 5.14. The Morgan fingerprint density at radius 1 is 1.06 bits per heavy atom. The van der Waals surface area contributed by atoms with Crippen LogP contribution in [0.15, 0.2) is 75.6 Å². The number of carbonyl (C=O) groups is 1. The molecule has 6 heteroatoms. The molecule has 3 aromatic carbocycles. The molecule has 0 radical (unpaired) electrons. The van der Waals surface area contributed by atoms with E-state index in [9.17, 15) is 4.79 Å². The Morgan fingerprint density at radius 3 is 2.55 bits per heavy atom. The molecule has 0 spiro atoms. The van der Waals surface area contributed by atoms with Gasteiger partial charge in [-0.15, -0.1) is 0 Å². The number of carbonyl (C=O) groups excluding carboxylic acids is 1. The maximum Gasteiger partial charge on any atom is 0.411 e. The Balaban J connectivity index is 1.40. The monoisotopic (exact) mass is 478 g/mol. The number of nitrogens with zero attached hydrogens (tertiary/aromatic N) is 1. The molecule has 1 N–H and O–H groups in total. The van der Waals surface area contributed by atoms with Crippen LogP contribution < -0.4 is 5.32 Å². The summed E-state index contributed by atoms with van der Waals surface area (Å²) in [4.78, 5) is 16.8. The predicted molar refractivity (Wildman–Crippen MR) is 126 cm³/mol. The number of halogens is 1. The first-order valence-corrected chi connectivity index (χ1v) is 10.8. The molecule has 31 heavy (non-hydrogen) atoms. The number of aromatic nitrogens is 1. The molecule has 158 valence electrons. The van der Waals surface area contributed by atoms with Crippen molar-refractivity contribution in [3.8, 4) is 11.5 Å². The SMILES string of the molecule is CC(C)(C)c1ccc(COC(=O)Nc2ccc3oc(-c4cccc(Br)c4)nc3c2)cc1. The van der Waals surface area contributed by atoms with Crippen molar-refractivity contribution in [2.24, 2.45) is 0 Å². The van der Waals surface area contributed by atoms with E-state index < -0.39 is 6.09 Å². The largest absolute Gasteiger partial charge is 0.444 e. The summed E-state index contributed by atoms with van der Waals surface area (Å²) in [5, 5.41) is 2.75. The molecule has 0 fully saturated rings. The number of benzene rings is 3. The van der Waals surface area contributed by atoms with Gasteiger partial charge in [0, 0.05) is 15.7 Å². The third-order valence-electron chi connectivity index (χ3n) is 4.90. The van der Waals surface area contributed by atoms with Crippen LogP contribution in [0.3, 0.4) is 0 Å². The molecule has 1 amide bonds. The molecule has 0 bridgehead atoms. The number of nitrogens with one attached hydrogen (secondary N) is 1. The van der Waals surface area contributed by atoms with Gasteiger partial charge >= 0.3 is 6.09 Å². The van der Waals surface area contributed by atoms with Crippen molar-refractivity contribution in [2.75, 3.05) is 5.32 Å². The van der Waals surface area contributed by atoms with Crippen molar-refractivity contribution < 1.29 is 13.9 Å². The summed E-state index contributed by atoms with van der Waals surface area (Å²) in [5.74, 6) is 0.523. The topological polar surface area (TPSA) is 64.4 Å². The van der Waals surface area contributed by atoms with E-state index in [0.717, 1.165) is 15.6 Å². The van der Waals surface area contributed by atoms with E-state index in [0.29, 0.717) is 22.7 Å². The van der Waals surface area contributed by atoms with Gasteiger partial charge in [0.05, 0.1) is 0 Å². The fourth-order valence-corrected chi connectivity index (χ4v) is 3.55. The van der Waals surface area contributed by atoms with Crippen molar-refractivity contribution in [1.82, 2.24) is 4.98 Å². The number of amides is 1. The molecule has 1 heterocycles. The number of ether oxygens (including phenoxy) is 1. The zero-order chi connectivity index (χ0) is 22.0. The third-order valence-corrected chi connectivity index (χ3v) is 5.39. The van der Waals surface area contributed by atoms with Crippen LogP contribution in [0.5, 0.6) is 0 Å². The van der Waals surface area contributed by atoms with Crippen molar-refractivity contribution in [1.29, 1.82) is 0 Å². The smallest absolute Gasteiger partial charge is 0.411 e. The lowest BCUT2D eigenvalue weighted by atomic mass is 9.87. The van der Waals surface area contributed by atoms with Gasteiger partial charge in [0.2, 0.25) is 5.89 Å². The van der Waals surface area contributed by atoms with E-state index in [-0.39, 0.29) is 12.0 Å². The maximum atomic E-state index is 12.2. The van der Waals surface area contributed by atoms with Crippen LogP contribution in [0.2, 0.25) is 0 Å². The highest BCUT2D eigenvalue weighted by Gasteiger charge is 2.14. The van der Waals surface area contributed by atoms with E-state index >= 15 is 0 Å². The molecule has 0 unspecified atom stereocenters. The van der Waals surface area contributed by atoms with Gasteiger partial charge in [-0.25, -0.2) is 9.78 Å². The van der Waals surface area contributed by atoms with Gasteiger partial charge in [-0.2, -0.15) is 0 Å². The Kier molecular flexibility index (Phi) is 5.83. The van der Waals surface area contributed by atoms with E-state index in [1.807, 2.05) is 36.4 Å². The Bertz CT molecular complexity index is 1220. The molecule has 4 rings (SSSR count). The van der Waals surface area contributed by atoms with Gasteiger partial charge < -0.3 is 9.15 Å². The zero-order valence-corrected chi connectivity index (χ0v) is 19.2. The highest BCUT2D eigenvalue weighted by atomic mass is 79.9. The van der Waals surface area contributed by atoms with E-state index in [1.54, 1.807) is 18.2 Å². The highest BCUT2D eigenvalue weighted by molar-refractivity contribution is 9.10. The Morgan fingerprint density at radius 2 is 1.84 bits per heavy atom. The Labute approximate surface area is 189 Å². The van der Waals surface area contributed by atoms with Crippen molar-refractivity contribution in [2.45, 2.75) is 32.8 Å². The second-order valence-electron chi connectivity index (χ2n) is 8.36. The molecular formula is C25H23BrN2O3. The van der Waals surface area contributed by atoms with Crippen molar-refractivity contribution in [3.05, 3.63) is 82.3 Å². The number of hydrogen-bond donors (Lipinski definition) is 1. The highest BCUT2D eigenvalue weighted by Crippen LogP contribution is 2.28. The zero-order valence-electron chi connectivity index (χ0n) is 17.6. The first-order valence-electron chi connectivity index (χ1n) is 9.98. The van der Waals surface area contributed by atoms with Gasteiger partial charge in [-0.3, -0.25) is 5.32 Å². The standard InChI is InChI=1S/C25H23BrN2O3/c1-25(2,3)18-9-7-16(8-10-18)15-30-24(29)27-20-11-12-22-21(14-20)28-23(31-22)17-5-4-6-19(26)13-17/h4-14H,15H2,1-3H3,(H,27,29). The molecule has 0 atom stereocenters. The van der Waals surface area contributed by atoms with Gasteiger partial charge in [-0.1, -0.05) is 67.0 Å². The molecule has 1 aromatic heterocycles. The first-order chi connectivity index (χ1) is 14.8. The summed E-state index contributed by atoms with van der Waals surface area (Å²) in [7, 11) is 0. The summed E-state index contributed by atoms with van der Waals surface area (Å²) in [6.45, 7) is 6.70. The van der Waals surface area contributed by atoms with E-state index in [1.165, 1.54) is 5.56 Å². The minimum Gasteiger partial charge on any atom is -0.444 e. The lowest BCUT2D eigenvalue weighted by Gasteiger charge is -2.19. The van der Waals surface area contributed by atoms with Crippen LogP contribution in [0, 0.1) is 0 Å². The van der Waals surface area contributed by atoms with Crippen LogP contribution in [0.4, 0.5) is 10.5 Å². The fraction of sp³-hybridized carbons (Fsp3) is 0.200. The Hall–Kier alpha value is -3.12. The summed E-state index contributed by atoms with van der Waals surface area (Å²) in [6, 6.07) is 21.2. The van der Waals surface area contributed by atoms with E-state index in [4.69, 9.17) is 9.15 Å². The normalized spacial score (nSPS) is 11.5. The number of rotatable bonds is 4. The summed E-state index contributed by atoms with van der Waals surface area (Å²) >= 11 is 3.45. The average Bonchev–Trinajstić information content (AvgIpc) is 3.15. The quantitative estimate of drug-likeness (QED) is 0.334. The van der Waals surface area contributed by atoms with Crippen LogP contribution in [0.25, 0.3) is 22.6 Å². The molecule has 4 aromatic rings. The molecular weight excluding hydrogens is 456 g/mol. The lowest BCUT2D eigenvalue weighted by Crippen LogP contribution is -2.14. The van der Waals surface area contributed by atoms with Crippen LogP contribution in [-0.2, 0) is 16.8 Å². The molecule has 5 nitrogen and oxygen atoms in total. The number of oxazole rings is 1. The minimum atomic E-state index is -0.519. The fourth-order valence-electron chi connectivity index (χ4n) is 3.15.